The number of carbonyl (C=O) groups is 1. The van der Waals surface area contributed by atoms with E-state index in [1.165, 1.54) is 12.0 Å². The fourth-order valence-electron chi connectivity index (χ4n) is 2.44. The molecule has 0 aliphatic heterocycles. The van der Waals surface area contributed by atoms with E-state index in [9.17, 15) is 4.79 Å². The summed E-state index contributed by atoms with van der Waals surface area (Å²) in [4.78, 5) is 13.2. The van der Waals surface area contributed by atoms with Gasteiger partial charge in [0.1, 0.15) is 5.69 Å². The number of carbonyl (C=O) groups excluding carboxylic acids is 1. The normalized spacial score (nSPS) is 10.5. The molecule has 2 aromatic carbocycles. The zero-order valence-corrected chi connectivity index (χ0v) is 13.7. The molecule has 0 fully saturated rings. The predicted molar refractivity (Wildman–Crippen MR) is 92.6 cm³/mol. The number of aromatic nitrogens is 2. The summed E-state index contributed by atoms with van der Waals surface area (Å²) in [6, 6.07) is 17.8. The second-order valence-corrected chi connectivity index (χ2v) is 5.79. The minimum atomic E-state index is -0.427. The number of H-pyrrole nitrogens is 1. The van der Waals surface area contributed by atoms with Crippen LogP contribution >= 0.6 is 11.8 Å². The van der Waals surface area contributed by atoms with Crippen molar-refractivity contribution >= 4 is 17.7 Å². The van der Waals surface area contributed by atoms with Crippen LogP contribution in [0.4, 0.5) is 0 Å². The highest BCUT2D eigenvalue weighted by Crippen LogP contribution is 2.34. The van der Waals surface area contributed by atoms with Crippen molar-refractivity contribution in [3.8, 4) is 22.4 Å². The van der Waals surface area contributed by atoms with Crippen LogP contribution in [-0.2, 0) is 4.74 Å². The standard InChI is InChI=1S/C18H16N2O2S/c1-22-18(21)17-15(12-6-4-3-5-7-12)16(19-20-17)13-8-10-14(23-2)11-9-13/h3-11H,1-2H3,(H,19,20). The van der Waals surface area contributed by atoms with E-state index in [-0.39, 0.29) is 0 Å². The molecule has 0 radical (unpaired) electrons. The second-order valence-electron chi connectivity index (χ2n) is 4.91. The number of rotatable bonds is 4. The Bertz CT molecular complexity index is 811. The molecule has 0 aliphatic carbocycles. The number of hydrogen-bond acceptors (Lipinski definition) is 4. The van der Waals surface area contributed by atoms with Crippen LogP contribution < -0.4 is 0 Å². The van der Waals surface area contributed by atoms with Crippen LogP contribution in [0.5, 0.6) is 0 Å². The van der Waals surface area contributed by atoms with Crippen molar-refractivity contribution in [1.82, 2.24) is 10.2 Å². The molecule has 4 nitrogen and oxygen atoms in total. The average molecular weight is 324 g/mol. The number of aromatic amines is 1. The maximum atomic E-state index is 12.1. The van der Waals surface area contributed by atoms with E-state index in [4.69, 9.17) is 4.74 Å². The van der Waals surface area contributed by atoms with Crippen molar-refractivity contribution in [2.24, 2.45) is 0 Å². The Labute approximate surface area is 138 Å². The summed E-state index contributed by atoms with van der Waals surface area (Å²) in [6.45, 7) is 0. The van der Waals surface area contributed by atoms with Crippen molar-refractivity contribution in [3.05, 3.63) is 60.3 Å². The fraction of sp³-hybridized carbons (Fsp3) is 0.111. The molecule has 0 unspecified atom stereocenters. The lowest BCUT2D eigenvalue weighted by Gasteiger charge is -2.06. The number of ether oxygens (including phenoxy) is 1. The summed E-state index contributed by atoms with van der Waals surface area (Å²) in [7, 11) is 1.37. The first-order valence-electron chi connectivity index (χ1n) is 7.11. The molecule has 3 aromatic rings. The van der Waals surface area contributed by atoms with E-state index in [1.54, 1.807) is 11.8 Å². The molecule has 3 rings (SSSR count). The molecule has 1 heterocycles. The van der Waals surface area contributed by atoms with Gasteiger partial charge in [-0.1, -0.05) is 42.5 Å². The van der Waals surface area contributed by atoms with Gasteiger partial charge in [-0.15, -0.1) is 11.8 Å². The van der Waals surface area contributed by atoms with Gasteiger partial charge < -0.3 is 4.74 Å². The third-order valence-electron chi connectivity index (χ3n) is 3.58. The molecule has 0 spiro atoms. The second kappa shape index (κ2) is 6.71. The average Bonchev–Trinajstić information content (AvgIpc) is 3.07. The number of esters is 1. The van der Waals surface area contributed by atoms with E-state index in [2.05, 4.69) is 10.2 Å². The van der Waals surface area contributed by atoms with Crippen LogP contribution in [0.3, 0.4) is 0 Å². The van der Waals surface area contributed by atoms with Crippen LogP contribution in [0.25, 0.3) is 22.4 Å². The Balaban J connectivity index is 2.17. The van der Waals surface area contributed by atoms with Gasteiger partial charge in [0.15, 0.2) is 5.69 Å². The number of hydrogen-bond donors (Lipinski definition) is 1. The number of methoxy groups -OCH3 is 1. The molecular weight excluding hydrogens is 308 g/mol. The Morgan fingerprint density at radius 2 is 1.74 bits per heavy atom. The van der Waals surface area contributed by atoms with Gasteiger partial charge in [0.2, 0.25) is 0 Å². The molecule has 1 aromatic heterocycles. The molecule has 1 N–H and O–H groups in total. The van der Waals surface area contributed by atoms with E-state index in [0.717, 1.165) is 22.4 Å². The maximum Gasteiger partial charge on any atom is 0.356 e. The van der Waals surface area contributed by atoms with Crippen molar-refractivity contribution in [2.75, 3.05) is 13.4 Å². The lowest BCUT2D eigenvalue weighted by molar-refractivity contribution is 0.0595. The monoisotopic (exact) mass is 324 g/mol. The zero-order chi connectivity index (χ0) is 16.2. The quantitative estimate of drug-likeness (QED) is 0.576. The Morgan fingerprint density at radius 3 is 2.35 bits per heavy atom. The van der Waals surface area contributed by atoms with Crippen LogP contribution in [0.1, 0.15) is 10.5 Å². The molecule has 0 atom stereocenters. The summed E-state index contributed by atoms with van der Waals surface area (Å²) >= 11 is 1.68. The van der Waals surface area contributed by atoms with Crippen LogP contribution in [-0.4, -0.2) is 29.5 Å². The van der Waals surface area contributed by atoms with E-state index in [1.807, 2.05) is 60.9 Å². The third-order valence-corrected chi connectivity index (χ3v) is 4.33. The van der Waals surface area contributed by atoms with Gasteiger partial charge in [0, 0.05) is 16.0 Å². The van der Waals surface area contributed by atoms with Crippen LogP contribution in [0, 0.1) is 0 Å². The summed E-state index contributed by atoms with van der Waals surface area (Å²) < 4.78 is 4.87. The molecule has 0 aliphatic rings. The van der Waals surface area contributed by atoms with Crippen LogP contribution in [0.2, 0.25) is 0 Å². The van der Waals surface area contributed by atoms with Gasteiger partial charge >= 0.3 is 5.97 Å². The van der Waals surface area contributed by atoms with Gasteiger partial charge in [-0.05, 0) is 24.0 Å². The molecule has 23 heavy (non-hydrogen) atoms. The third kappa shape index (κ3) is 3.00. The molecule has 5 heteroatoms. The Morgan fingerprint density at radius 1 is 1.04 bits per heavy atom. The molecule has 0 bridgehead atoms. The highest BCUT2D eigenvalue weighted by atomic mass is 32.2. The Hall–Kier alpha value is -2.53. The highest BCUT2D eigenvalue weighted by molar-refractivity contribution is 7.98. The summed E-state index contributed by atoms with van der Waals surface area (Å²) in [5.74, 6) is -0.427. The molecule has 116 valence electrons. The topological polar surface area (TPSA) is 55.0 Å². The van der Waals surface area contributed by atoms with E-state index in [0.29, 0.717) is 5.69 Å². The fourth-order valence-corrected chi connectivity index (χ4v) is 2.84. The molecule has 0 amide bonds. The first-order valence-corrected chi connectivity index (χ1v) is 8.33. The van der Waals surface area contributed by atoms with Gasteiger partial charge in [0.25, 0.3) is 0 Å². The lowest BCUT2D eigenvalue weighted by atomic mass is 9.99. The largest absolute Gasteiger partial charge is 0.464 e. The summed E-state index contributed by atoms with van der Waals surface area (Å²) in [5, 5.41) is 7.18. The predicted octanol–water partition coefficient (Wildman–Crippen LogP) is 4.25. The summed E-state index contributed by atoms with van der Waals surface area (Å²) in [5.41, 5.74) is 3.74. The molecule has 0 saturated carbocycles. The lowest BCUT2D eigenvalue weighted by Crippen LogP contribution is -2.03. The molecule has 0 saturated heterocycles. The Kier molecular flexibility index (Phi) is 4.48. The van der Waals surface area contributed by atoms with Gasteiger partial charge in [-0.3, -0.25) is 5.10 Å². The number of nitrogens with one attached hydrogen (secondary N) is 1. The van der Waals surface area contributed by atoms with Crippen molar-refractivity contribution in [1.29, 1.82) is 0 Å². The number of benzene rings is 2. The first-order chi connectivity index (χ1) is 11.2. The zero-order valence-electron chi connectivity index (χ0n) is 12.9. The summed E-state index contributed by atoms with van der Waals surface area (Å²) in [6.07, 6.45) is 2.04. The van der Waals surface area contributed by atoms with Gasteiger partial charge in [0.05, 0.1) is 7.11 Å². The van der Waals surface area contributed by atoms with Crippen molar-refractivity contribution in [3.63, 3.8) is 0 Å². The number of thioether (sulfide) groups is 1. The van der Waals surface area contributed by atoms with E-state index < -0.39 is 5.97 Å². The number of nitrogens with zero attached hydrogens (tertiary/aromatic N) is 1. The highest BCUT2D eigenvalue weighted by Gasteiger charge is 2.22. The van der Waals surface area contributed by atoms with E-state index >= 15 is 0 Å². The SMILES string of the molecule is COC(=O)c1[nH]nc(-c2ccc(SC)cc2)c1-c1ccccc1. The van der Waals surface area contributed by atoms with Crippen molar-refractivity contribution < 1.29 is 9.53 Å². The molecular formula is C18H16N2O2S. The minimum absolute atomic E-state index is 0.364. The van der Waals surface area contributed by atoms with Crippen LogP contribution in [0.15, 0.2) is 59.5 Å². The smallest absolute Gasteiger partial charge is 0.356 e. The van der Waals surface area contributed by atoms with Gasteiger partial charge in [-0.25, -0.2) is 4.79 Å². The maximum absolute atomic E-state index is 12.1. The first kappa shape index (κ1) is 15.4. The van der Waals surface area contributed by atoms with Crippen molar-refractivity contribution in [2.45, 2.75) is 4.90 Å². The minimum Gasteiger partial charge on any atom is -0.464 e. The van der Waals surface area contributed by atoms with Gasteiger partial charge in [-0.2, -0.15) is 5.10 Å².